The molecule has 0 unspecified atom stereocenters. The first kappa shape index (κ1) is 51.9. The number of aliphatic hydroxyl groups is 1. The first-order chi connectivity index (χ1) is 25.7. The molecule has 0 saturated carbocycles. The van der Waals surface area contributed by atoms with Crippen molar-refractivity contribution >= 4 is 11.9 Å². The number of esters is 2. The lowest BCUT2D eigenvalue weighted by Gasteiger charge is -2.27. The fraction of sp³-hybridized carbons (Fsp3) is 0.957. The van der Waals surface area contributed by atoms with E-state index in [9.17, 15) is 14.7 Å². The highest BCUT2D eigenvalue weighted by molar-refractivity contribution is 5.76. The second-order valence-corrected chi connectivity index (χ2v) is 17.4. The second-order valence-electron chi connectivity index (χ2n) is 17.4. The van der Waals surface area contributed by atoms with Crippen LogP contribution in [0, 0.1) is 11.3 Å². The summed E-state index contributed by atoms with van der Waals surface area (Å²) >= 11 is 0. The summed E-state index contributed by atoms with van der Waals surface area (Å²) in [4.78, 5) is 27.8. The van der Waals surface area contributed by atoms with Crippen LogP contribution in [0.1, 0.15) is 241 Å². The summed E-state index contributed by atoms with van der Waals surface area (Å²) in [6.45, 7) is 16.7. The van der Waals surface area contributed by atoms with Crippen molar-refractivity contribution < 1.29 is 24.2 Å². The standard InChI is InChI=1S/C47H93NO5/c1-7-9-11-13-19-26-34-44(35-27-20-14-12-10-8-2)53-46(51)47(5,6)37-29-21-22-30-38-48(40-41-49)39-31-24-28-36-45(50)52-42-32-23-17-15-16-18-25-33-43(3)4/h43-44,49H,7-42H2,1-6H3. The van der Waals surface area contributed by atoms with E-state index in [4.69, 9.17) is 9.47 Å². The van der Waals surface area contributed by atoms with Crippen LogP contribution < -0.4 is 0 Å². The predicted octanol–water partition coefficient (Wildman–Crippen LogP) is 13.6. The summed E-state index contributed by atoms with van der Waals surface area (Å²) in [5.41, 5.74) is -0.442. The minimum absolute atomic E-state index is 0.00424. The Morgan fingerprint density at radius 1 is 0.566 bits per heavy atom. The van der Waals surface area contributed by atoms with E-state index < -0.39 is 5.41 Å². The van der Waals surface area contributed by atoms with Gasteiger partial charge >= 0.3 is 11.9 Å². The first-order valence-corrected chi connectivity index (χ1v) is 23.4. The molecular formula is C47H93NO5. The quantitative estimate of drug-likeness (QED) is 0.0495. The molecule has 0 rings (SSSR count). The third kappa shape index (κ3) is 35.0. The van der Waals surface area contributed by atoms with Crippen LogP contribution in [-0.4, -0.2) is 60.9 Å². The van der Waals surface area contributed by atoms with E-state index in [1.165, 1.54) is 116 Å². The van der Waals surface area contributed by atoms with Gasteiger partial charge in [0, 0.05) is 13.0 Å². The monoisotopic (exact) mass is 752 g/mol. The molecule has 0 aromatic carbocycles. The van der Waals surface area contributed by atoms with Gasteiger partial charge in [-0.1, -0.05) is 163 Å². The molecule has 0 radical (unpaired) electrons. The molecule has 53 heavy (non-hydrogen) atoms. The molecule has 0 spiro atoms. The van der Waals surface area contributed by atoms with Crippen LogP contribution >= 0.6 is 0 Å². The summed E-state index contributed by atoms with van der Waals surface area (Å²) in [7, 11) is 0. The molecule has 0 aliphatic heterocycles. The van der Waals surface area contributed by atoms with Crippen LogP contribution in [0.4, 0.5) is 0 Å². The molecule has 0 bridgehead atoms. The SMILES string of the molecule is CCCCCCCCC(CCCCCCCC)OC(=O)C(C)(C)CCCCCCN(CCO)CCCCCC(=O)OCCCCCCCCCC(C)C. The Bertz CT molecular complexity index is 784. The van der Waals surface area contributed by atoms with Gasteiger partial charge in [-0.05, 0) is 90.6 Å². The van der Waals surface area contributed by atoms with Gasteiger partial charge in [0.15, 0.2) is 0 Å². The molecule has 6 heteroatoms. The maximum Gasteiger partial charge on any atom is 0.311 e. The Labute approximate surface area is 331 Å². The average Bonchev–Trinajstić information content (AvgIpc) is 3.12. The minimum Gasteiger partial charge on any atom is -0.466 e. The second kappa shape index (κ2) is 37.8. The molecule has 316 valence electrons. The third-order valence-corrected chi connectivity index (χ3v) is 11.1. The van der Waals surface area contributed by atoms with E-state index in [0.717, 1.165) is 96.1 Å². The van der Waals surface area contributed by atoms with Crippen LogP contribution in [0.3, 0.4) is 0 Å². The summed E-state index contributed by atoms with van der Waals surface area (Å²) in [5.74, 6) is 0.762. The zero-order valence-electron chi connectivity index (χ0n) is 36.6. The molecule has 6 nitrogen and oxygen atoms in total. The fourth-order valence-corrected chi connectivity index (χ4v) is 7.29. The predicted molar refractivity (Wildman–Crippen MR) is 227 cm³/mol. The maximum absolute atomic E-state index is 13.3. The molecule has 0 fully saturated rings. The van der Waals surface area contributed by atoms with E-state index in [-0.39, 0.29) is 24.6 Å². The summed E-state index contributed by atoms with van der Waals surface area (Å²) in [6.07, 6.45) is 36.1. The van der Waals surface area contributed by atoms with Gasteiger partial charge in [-0.15, -0.1) is 0 Å². The minimum atomic E-state index is -0.442. The summed E-state index contributed by atoms with van der Waals surface area (Å²) < 4.78 is 11.7. The topological polar surface area (TPSA) is 76.1 Å². The van der Waals surface area contributed by atoms with Crippen molar-refractivity contribution in [3.63, 3.8) is 0 Å². The lowest BCUT2D eigenvalue weighted by Crippen LogP contribution is -2.31. The Morgan fingerprint density at radius 3 is 1.55 bits per heavy atom. The number of ether oxygens (including phenoxy) is 2. The smallest absolute Gasteiger partial charge is 0.311 e. The Hall–Kier alpha value is -1.14. The number of unbranched alkanes of at least 4 members (excludes halogenated alkanes) is 21. The summed E-state index contributed by atoms with van der Waals surface area (Å²) in [6, 6.07) is 0. The number of aliphatic hydroxyl groups excluding tert-OH is 1. The molecule has 1 N–H and O–H groups in total. The largest absolute Gasteiger partial charge is 0.466 e. The lowest BCUT2D eigenvalue weighted by atomic mass is 9.86. The molecule has 0 saturated heterocycles. The zero-order valence-corrected chi connectivity index (χ0v) is 36.6. The van der Waals surface area contributed by atoms with Crippen LogP contribution in [0.5, 0.6) is 0 Å². The molecule has 0 amide bonds. The van der Waals surface area contributed by atoms with Crippen LogP contribution in [-0.2, 0) is 19.1 Å². The normalized spacial score (nSPS) is 12.0. The van der Waals surface area contributed by atoms with Gasteiger partial charge in [-0.25, -0.2) is 0 Å². The molecular weight excluding hydrogens is 659 g/mol. The Balaban J connectivity index is 4.18. The van der Waals surface area contributed by atoms with Crippen molar-refractivity contribution in [1.82, 2.24) is 4.90 Å². The number of rotatable bonds is 41. The van der Waals surface area contributed by atoms with E-state index >= 15 is 0 Å². The van der Waals surface area contributed by atoms with Crippen molar-refractivity contribution in [2.24, 2.45) is 11.3 Å². The van der Waals surface area contributed by atoms with Gasteiger partial charge in [0.2, 0.25) is 0 Å². The van der Waals surface area contributed by atoms with Gasteiger partial charge in [-0.2, -0.15) is 0 Å². The number of hydrogen-bond acceptors (Lipinski definition) is 6. The molecule has 0 atom stereocenters. The van der Waals surface area contributed by atoms with E-state index in [1.807, 2.05) is 0 Å². The number of carbonyl (C=O) groups is 2. The molecule has 0 aliphatic rings. The summed E-state index contributed by atoms with van der Waals surface area (Å²) in [5, 5.41) is 9.60. The molecule has 0 aromatic heterocycles. The van der Waals surface area contributed by atoms with Crippen LogP contribution in [0.15, 0.2) is 0 Å². The third-order valence-electron chi connectivity index (χ3n) is 11.1. The average molecular weight is 752 g/mol. The van der Waals surface area contributed by atoms with Crippen LogP contribution in [0.25, 0.3) is 0 Å². The van der Waals surface area contributed by atoms with E-state index in [1.54, 1.807) is 0 Å². The highest BCUT2D eigenvalue weighted by atomic mass is 16.5. The maximum atomic E-state index is 13.3. The zero-order chi connectivity index (χ0) is 39.3. The number of nitrogens with zero attached hydrogens (tertiary/aromatic N) is 1. The van der Waals surface area contributed by atoms with Crippen molar-refractivity contribution in [3.05, 3.63) is 0 Å². The van der Waals surface area contributed by atoms with Gasteiger partial charge in [0.05, 0.1) is 18.6 Å². The van der Waals surface area contributed by atoms with E-state index in [0.29, 0.717) is 19.6 Å². The van der Waals surface area contributed by atoms with E-state index in [2.05, 4.69) is 46.4 Å². The highest BCUT2D eigenvalue weighted by Gasteiger charge is 2.30. The van der Waals surface area contributed by atoms with Crippen molar-refractivity contribution in [3.8, 4) is 0 Å². The Kier molecular flexibility index (Phi) is 37.0. The number of hydrogen-bond donors (Lipinski definition) is 1. The Morgan fingerprint density at radius 2 is 1.02 bits per heavy atom. The first-order valence-electron chi connectivity index (χ1n) is 23.4. The van der Waals surface area contributed by atoms with Crippen LogP contribution in [0.2, 0.25) is 0 Å². The number of carbonyl (C=O) groups excluding carboxylic acids is 2. The molecule has 0 aromatic rings. The van der Waals surface area contributed by atoms with Crippen molar-refractivity contribution in [2.45, 2.75) is 247 Å². The molecule has 0 heterocycles. The van der Waals surface area contributed by atoms with Gasteiger partial charge < -0.3 is 19.5 Å². The van der Waals surface area contributed by atoms with Crippen molar-refractivity contribution in [1.29, 1.82) is 0 Å². The lowest BCUT2D eigenvalue weighted by molar-refractivity contribution is -0.161. The van der Waals surface area contributed by atoms with Crippen molar-refractivity contribution in [2.75, 3.05) is 32.8 Å². The fourth-order valence-electron chi connectivity index (χ4n) is 7.29. The van der Waals surface area contributed by atoms with Gasteiger partial charge in [0.25, 0.3) is 0 Å². The van der Waals surface area contributed by atoms with Gasteiger partial charge in [-0.3, -0.25) is 9.59 Å². The van der Waals surface area contributed by atoms with Gasteiger partial charge in [0.1, 0.15) is 6.10 Å². The highest BCUT2D eigenvalue weighted by Crippen LogP contribution is 2.28. The molecule has 0 aliphatic carbocycles.